The molecule has 0 saturated heterocycles. The number of fused-ring (bicyclic) bond motifs is 1. The Morgan fingerprint density at radius 1 is 1.21 bits per heavy atom. The van der Waals surface area contributed by atoms with Crippen molar-refractivity contribution < 1.29 is 0 Å². The molecule has 0 fully saturated rings. The molecule has 70 valence electrons. The Balaban J connectivity index is 2.75. The summed E-state index contributed by atoms with van der Waals surface area (Å²) in [5, 5.41) is 2.04. The van der Waals surface area contributed by atoms with E-state index < -0.39 is 0 Å². The topological polar surface area (TPSA) is 25.2 Å². The Bertz CT molecular complexity index is 527. The molecule has 1 aromatic rings. The predicted octanol–water partition coefficient (Wildman–Crippen LogP) is 1.24. The second-order valence-electron chi connectivity index (χ2n) is 3.09. The third-order valence-electron chi connectivity index (χ3n) is 1.92. The molecule has 0 radical (unpaired) electrons. The quantitative estimate of drug-likeness (QED) is 0.522. The van der Waals surface area contributed by atoms with Crippen LogP contribution in [0, 0.1) is 3.70 Å². The van der Waals surface area contributed by atoms with E-state index in [-0.39, 0.29) is 0 Å². The van der Waals surface area contributed by atoms with Crippen LogP contribution in [0.15, 0.2) is 28.8 Å². The first-order valence-electron chi connectivity index (χ1n) is 4.30. The van der Waals surface area contributed by atoms with E-state index >= 15 is 0 Å². The Labute approximate surface area is 95.9 Å². The van der Waals surface area contributed by atoms with Gasteiger partial charge < -0.3 is 0 Å². The molecule has 3 heteroatoms. The average Bonchev–Trinajstić information content (AvgIpc) is 2.13. The number of pyridine rings is 1. The standard InChI is InChI=1S/C11H9IN2/c1-8-2-3-9-4-5-11(12)14-10(9)7-13-6-8/h2-7H,1H3/b3-2?,8-2-,8-6?,9-3+,10-7+,13-6+,13-7?. The number of hydrogen-bond acceptors (Lipinski definition) is 2. The summed E-state index contributed by atoms with van der Waals surface area (Å²) >= 11 is 2.20. The molecular formula is C11H9IN2. The van der Waals surface area contributed by atoms with Crippen LogP contribution in [0.2, 0.25) is 0 Å². The van der Waals surface area contributed by atoms with Gasteiger partial charge in [0.2, 0.25) is 0 Å². The van der Waals surface area contributed by atoms with Crippen LogP contribution in [0.3, 0.4) is 0 Å². The molecule has 0 saturated carbocycles. The number of allylic oxidation sites excluding steroid dienone is 2. The molecule has 2 rings (SSSR count). The van der Waals surface area contributed by atoms with Crippen LogP contribution in [-0.4, -0.2) is 11.2 Å². The minimum absolute atomic E-state index is 0.928. The number of nitrogens with zero attached hydrogens (tertiary/aromatic N) is 2. The van der Waals surface area contributed by atoms with E-state index in [0.29, 0.717) is 0 Å². The molecule has 0 amide bonds. The molecule has 0 N–H and O–H groups in total. The van der Waals surface area contributed by atoms with Gasteiger partial charge in [0.05, 0.1) is 11.5 Å². The van der Waals surface area contributed by atoms with E-state index in [0.717, 1.165) is 19.8 Å². The van der Waals surface area contributed by atoms with E-state index in [1.54, 1.807) is 6.20 Å². The van der Waals surface area contributed by atoms with Crippen LogP contribution in [0.4, 0.5) is 0 Å². The van der Waals surface area contributed by atoms with Gasteiger partial charge in [-0.15, -0.1) is 0 Å². The largest absolute Gasteiger partial charge is 0.262 e. The second-order valence-corrected chi connectivity index (χ2v) is 4.20. The zero-order valence-electron chi connectivity index (χ0n) is 7.74. The summed E-state index contributed by atoms with van der Waals surface area (Å²) in [7, 11) is 0. The maximum absolute atomic E-state index is 4.40. The normalized spacial score (nSPS) is 25.1. The van der Waals surface area contributed by atoms with Crippen LogP contribution >= 0.6 is 22.6 Å². The van der Waals surface area contributed by atoms with E-state index in [9.17, 15) is 0 Å². The zero-order valence-corrected chi connectivity index (χ0v) is 9.89. The lowest BCUT2D eigenvalue weighted by atomic mass is 10.2. The first kappa shape index (κ1) is 9.58. The number of aromatic nitrogens is 1. The number of halogens is 1. The molecule has 1 aliphatic rings. The van der Waals surface area contributed by atoms with Gasteiger partial charge in [0.1, 0.15) is 3.70 Å². The van der Waals surface area contributed by atoms with Crippen molar-refractivity contribution in [2.24, 2.45) is 4.99 Å². The molecule has 1 aliphatic heterocycles. The van der Waals surface area contributed by atoms with E-state index in [4.69, 9.17) is 0 Å². The fourth-order valence-electron chi connectivity index (χ4n) is 1.19. The summed E-state index contributed by atoms with van der Waals surface area (Å²) in [5.74, 6) is 0. The van der Waals surface area contributed by atoms with Gasteiger partial charge in [0.15, 0.2) is 0 Å². The molecule has 14 heavy (non-hydrogen) atoms. The number of rotatable bonds is 0. The van der Waals surface area contributed by atoms with Gasteiger partial charge in [-0.25, -0.2) is 4.98 Å². The van der Waals surface area contributed by atoms with Crippen molar-refractivity contribution in [3.63, 3.8) is 0 Å². The van der Waals surface area contributed by atoms with Crippen LogP contribution in [0.25, 0.3) is 12.3 Å². The van der Waals surface area contributed by atoms with Gasteiger partial charge in [-0.3, -0.25) is 4.99 Å². The summed E-state index contributed by atoms with van der Waals surface area (Å²) in [5.41, 5.74) is 1.14. The van der Waals surface area contributed by atoms with Gasteiger partial charge >= 0.3 is 0 Å². The SMILES string of the molecule is CC1=C/C=c2\ccc(I)n\c2=C\N=C\1. The van der Waals surface area contributed by atoms with Gasteiger partial charge in [0.25, 0.3) is 0 Å². The summed E-state index contributed by atoms with van der Waals surface area (Å²) in [6.07, 6.45) is 7.74. The maximum Gasteiger partial charge on any atom is 0.102 e. The highest BCUT2D eigenvalue weighted by Gasteiger charge is 1.91. The highest BCUT2D eigenvalue weighted by atomic mass is 127. The van der Waals surface area contributed by atoms with E-state index in [1.807, 2.05) is 25.3 Å². The average molecular weight is 296 g/mol. The number of hydrogen-bond donors (Lipinski definition) is 0. The maximum atomic E-state index is 4.40. The van der Waals surface area contributed by atoms with Crippen molar-refractivity contribution >= 4 is 41.1 Å². The van der Waals surface area contributed by atoms with Gasteiger partial charge in [-0.1, -0.05) is 18.2 Å². The molecule has 0 aromatic carbocycles. The molecule has 0 aliphatic carbocycles. The molecule has 1 aromatic heterocycles. The van der Waals surface area contributed by atoms with Crippen molar-refractivity contribution in [1.82, 2.24) is 4.98 Å². The monoisotopic (exact) mass is 296 g/mol. The molecule has 0 atom stereocenters. The lowest BCUT2D eigenvalue weighted by molar-refractivity contribution is 1.17. The minimum Gasteiger partial charge on any atom is -0.262 e. The van der Waals surface area contributed by atoms with Crippen LogP contribution in [0.1, 0.15) is 6.92 Å². The third kappa shape index (κ3) is 2.09. The zero-order chi connectivity index (χ0) is 9.97. The Morgan fingerprint density at radius 3 is 2.93 bits per heavy atom. The van der Waals surface area contributed by atoms with Crippen molar-refractivity contribution in [1.29, 1.82) is 0 Å². The number of aliphatic imine (C=N–C) groups is 1. The van der Waals surface area contributed by atoms with Crippen LogP contribution in [0.5, 0.6) is 0 Å². The second kappa shape index (κ2) is 4.04. The Hall–Kier alpha value is -0.970. The highest BCUT2D eigenvalue weighted by molar-refractivity contribution is 14.1. The third-order valence-corrected chi connectivity index (χ3v) is 2.53. The van der Waals surface area contributed by atoms with Gasteiger partial charge in [-0.2, -0.15) is 0 Å². The molecule has 2 nitrogen and oxygen atoms in total. The molecular weight excluding hydrogens is 287 g/mol. The fourth-order valence-corrected chi connectivity index (χ4v) is 1.63. The fraction of sp³-hybridized carbons (Fsp3) is 0.0909. The summed E-state index contributed by atoms with van der Waals surface area (Å²) < 4.78 is 0.988. The predicted molar refractivity (Wildman–Crippen MR) is 67.4 cm³/mol. The first-order valence-corrected chi connectivity index (χ1v) is 5.38. The smallest absolute Gasteiger partial charge is 0.102 e. The van der Waals surface area contributed by atoms with Crippen molar-refractivity contribution in [2.75, 3.05) is 0 Å². The van der Waals surface area contributed by atoms with Crippen LogP contribution in [-0.2, 0) is 0 Å². The lowest BCUT2D eigenvalue weighted by Crippen LogP contribution is -2.28. The summed E-state index contributed by atoms with van der Waals surface area (Å²) in [6, 6.07) is 4.06. The summed E-state index contributed by atoms with van der Waals surface area (Å²) in [6.45, 7) is 2.03. The first-order chi connectivity index (χ1) is 6.75. The molecule has 2 heterocycles. The Morgan fingerprint density at radius 2 is 2.07 bits per heavy atom. The van der Waals surface area contributed by atoms with Crippen LogP contribution < -0.4 is 10.6 Å². The van der Waals surface area contributed by atoms with E-state index in [1.165, 1.54) is 0 Å². The minimum atomic E-state index is 0.928. The van der Waals surface area contributed by atoms with Crippen molar-refractivity contribution in [2.45, 2.75) is 6.92 Å². The van der Waals surface area contributed by atoms with Gasteiger partial charge in [-0.05, 0) is 41.2 Å². The van der Waals surface area contributed by atoms with E-state index in [2.05, 4.69) is 44.7 Å². The van der Waals surface area contributed by atoms with Crippen molar-refractivity contribution in [3.05, 3.63) is 38.1 Å². The molecule has 0 spiro atoms. The highest BCUT2D eigenvalue weighted by Crippen LogP contribution is 1.94. The lowest BCUT2D eigenvalue weighted by Gasteiger charge is -1.94. The summed E-state index contributed by atoms with van der Waals surface area (Å²) in [4.78, 5) is 8.59. The van der Waals surface area contributed by atoms with Gasteiger partial charge in [0, 0.05) is 11.4 Å². The molecule has 0 bridgehead atoms. The Kier molecular flexibility index (Phi) is 2.77. The molecule has 0 unspecified atom stereocenters. The van der Waals surface area contributed by atoms with Crippen molar-refractivity contribution in [3.8, 4) is 0 Å².